The first-order valence-corrected chi connectivity index (χ1v) is 10.2. The Labute approximate surface area is 179 Å². The minimum Gasteiger partial charge on any atom is -0.481 e. The summed E-state index contributed by atoms with van der Waals surface area (Å²) in [6.07, 6.45) is 1.73. The molecule has 0 aromatic heterocycles. The molecule has 3 saturated heterocycles. The average Bonchev–Trinajstić information content (AvgIpc) is 3.47. The van der Waals surface area contributed by atoms with Gasteiger partial charge >= 0.3 is 17.9 Å². The Morgan fingerprint density at radius 3 is 2.19 bits per heavy atom. The first kappa shape index (κ1) is 23.1. The number of ether oxygens (including phenoxy) is 2. The average molecular weight is 436 g/mol. The van der Waals surface area contributed by atoms with Crippen LogP contribution in [0.15, 0.2) is 30.3 Å². The quantitative estimate of drug-likeness (QED) is 0.332. The molecule has 3 aliphatic rings. The minimum atomic E-state index is -1.29. The summed E-state index contributed by atoms with van der Waals surface area (Å²) in [7, 11) is 2.13. The van der Waals surface area contributed by atoms with Crippen molar-refractivity contribution in [2.45, 2.75) is 61.6 Å². The molecule has 170 valence electrons. The van der Waals surface area contributed by atoms with Crippen LogP contribution in [0.2, 0.25) is 0 Å². The molecule has 0 aliphatic carbocycles. The molecule has 10 nitrogen and oxygen atoms in total. The summed E-state index contributed by atoms with van der Waals surface area (Å²) in [5.41, 5.74) is 5.64. The molecule has 2 bridgehead atoms. The van der Waals surface area contributed by atoms with E-state index in [1.54, 1.807) is 0 Å². The highest BCUT2D eigenvalue weighted by molar-refractivity contribution is 5.80. The van der Waals surface area contributed by atoms with E-state index in [0.717, 1.165) is 18.4 Å². The molecule has 0 saturated carbocycles. The van der Waals surface area contributed by atoms with Crippen LogP contribution < -0.4 is 5.73 Å². The van der Waals surface area contributed by atoms with Gasteiger partial charge in [0.05, 0.1) is 13.0 Å². The van der Waals surface area contributed by atoms with Crippen molar-refractivity contribution in [2.24, 2.45) is 5.73 Å². The lowest BCUT2D eigenvalue weighted by molar-refractivity contribution is -0.156. The Hall–Kier alpha value is -2.53. The Kier molecular flexibility index (Phi) is 7.26. The fourth-order valence-electron chi connectivity index (χ4n) is 4.32. The largest absolute Gasteiger partial charge is 0.481 e. The summed E-state index contributed by atoms with van der Waals surface area (Å²) in [5.74, 6) is -3.41. The number of hydrogen-bond acceptors (Lipinski definition) is 8. The highest BCUT2D eigenvalue weighted by Crippen LogP contribution is 2.48. The van der Waals surface area contributed by atoms with E-state index in [1.807, 2.05) is 30.3 Å². The van der Waals surface area contributed by atoms with E-state index < -0.39 is 30.3 Å². The number of carbonyl (C=O) groups excluding carboxylic acids is 1. The number of epoxide rings is 1. The predicted octanol–water partition coefficient (Wildman–Crippen LogP) is -0.209. The lowest BCUT2D eigenvalue weighted by atomic mass is 9.97. The zero-order valence-corrected chi connectivity index (χ0v) is 17.2. The van der Waals surface area contributed by atoms with E-state index in [4.69, 9.17) is 25.4 Å². The van der Waals surface area contributed by atoms with E-state index in [9.17, 15) is 19.5 Å². The molecule has 3 fully saturated rings. The maximum Gasteiger partial charge on any atom is 0.321 e. The molecule has 4 rings (SSSR count). The number of esters is 1. The predicted molar refractivity (Wildman–Crippen MR) is 107 cm³/mol. The lowest BCUT2D eigenvalue weighted by Gasteiger charge is -2.38. The van der Waals surface area contributed by atoms with Crippen LogP contribution in [0.1, 0.15) is 30.7 Å². The van der Waals surface area contributed by atoms with Crippen LogP contribution in [-0.4, -0.2) is 88.2 Å². The normalized spacial score (nSPS) is 30.2. The first-order chi connectivity index (χ1) is 14.7. The zero-order chi connectivity index (χ0) is 22.7. The number of carboxylic acid groups (broad SMARTS) is 2. The van der Waals surface area contributed by atoms with E-state index in [2.05, 4.69) is 11.9 Å². The summed E-state index contributed by atoms with van der Waals surface area (Å²) < 4.78 is 11.4. The summed E-state index contributed by atoms with van der Waals surface area (Å²) in [5, 5.41) is 25.6. The van der Waals surface area contributed by atoms with E-state index >= 15 is 0 Å². The smallest absolute Gasteiger partial charge is 0.321 e. The SMILES string of the molecule is CN1C2CC(OC(=O)C(CO)c3ccccc3)CC1C1OC12.N[C@@H](CC(=O)O)C(=O)O. The van der Waals surface area contributed by atoms with Crippen molar-refractivity contribution >= 4 is 17.9 Å². The fourth-order valence-corrected chi connectivity index (χ4v) is 4.32. The second-order valence-electron chi connectivity index (χ2n) is 8.08. The molecule has 31 heavy (non-hydrogen) atoms. The number of carboxylic acids is 2. The number of aliphatic hydroxyl groups excluding tert-OH is 1. The van der Waals surface area contributed by atoms with Crippen molar-refractivity contribution in [1.29, 1.82) is 0 Å². The minimum absolute atomic E-state index is 0.0622. The molecule has 1 aromatic rings. The molecule has 10 heteroatoms. The van der Waals surface area contributed by atoms with Crippen molar-refractivity contribution in [3.63, 3.8) is 0 Å². The maximum absolute atomic E-state index is 12.4. The topological polar surface area (TPSA) is 163 Å². The van der Waals surface area contributed by atoms with Crippen molar-refractivity contribution in [2.75, 3.05) is 13.7 Å². The van der Waals surface area contributed by atoms with Gasteiger partial charge in [0.25, 0.3) is 0 Å². The molecule has 6 atom stereocenters. The molecule has 3 heterocycles. The lowest BCUT2D eigenvalue weighted by Crippen LogP contribution is -2.48. The van der Waals surface area contributed by atoms with Gasteiger partial charge in [0.1, 0.15) is 30.3 Å². The number of aliphatic hydroxyl groups is 1. The van der Waals surface area contributed by atoms with E-state index in [-0.39, 0.29) is 18.7 Å². The Balaban J connectivity index is 0.000000259. The van der Waals surface area contributed by atoms with E-state index in [0.29, 0.717) is 24.3 Å². The maximum atomic E-state index is 12.4. The molecule has 3 aliphatic heterocycles. The van der Waals surface area contributed by atoms with Crippen molar-refractivity contribution in [1.82, 2.24) is 4.90 Å². The van der Waals surface area contributed by atoms with Gasteiger partial charge in [-0.1, -0.05) is 30.3 Å². The van der Waals surface area contributed by atoms with Gasteiger partial charge in [-0.2, -0.15) is 0 Å². The zero-order valence-electron chi connectivity index (χ0n) is 17.2. The number of morpholine rings is 1. The molecular formula is C21H28N2O8. The number of hydrogen-bond donors (Lipinski definition) is 4. The van der Waals surface area contributed by atoms with E-state index in [1.165, 1.54) is 0 Å². The highest BCUT2D eigenvalue weighted by Gasteiger charge is 2.62. The Bertz CT molecular complexity index is 786. The summed E-state index contributed by atoms with van der Waals surface area (Å²) >= 11 is 0. The standard InChI is InChI=1S/C17H21NO4.C4H7NO4/c1-18-13-7-11(8-14(18)16-15(13)22-16)21-17(20)12(9-19)10-5-3-2-4-6-10;5-2(4(8)9)1-3(6)7/h2-6,11-16,19H,7-9H2,1H3;2H,1,5H2,(H,6,7)(H,8,9)/t;2-/m.0/s1. The number of carbonyl (C=O) groups is 3. The van der Waals surface area contributed by atoms with Gasteiger partial charge < -0.3 is 30.5 Å². The number of likely N-dealkylation sites (N-methyl/N-ethyl adjacent to an activating group) is 1. The monoisotopic (exact) mass is 436 g/mol. The van der Waals surface area contributed by atoms with Gasteiger partial charge in [0, 0.05) is 24.9 Å². The number of rotatable bonds is 7. The third-order valence-corrected chi connectivity index (χ3v) is 6.04. The Morgan fingerprint density at radius 1 is 1.16 bits per heavy atom. The Morgan fingerprint density at radius 2 is 1.74 bits per heavy atom. The number of aliphatic carboxylic acids is 2. The second-order valence-corrected chi connectivity index (χ2v) is 8.08. The van der Waals surface area contributed by atoms with Crippen LogP contribution in [0, 0.1) is 0 Å². The summed E-state index contributed by atoms with van der Waals surface area (Å²) in [6, 6.07) is 8.77. The van der Waals surface area contributed by atoms with Gasteiger partial charge in [-0.25, -0.2) is 0 Å². The van der Waals surface area contributed by atoms with Gasteiger partial charge in [0.15, 0.2) is 0 Å². The number of nitrogens with zero attached hydrogens (tertiary/aromatic N) is 1. The van der Waals surface area contributed by atoms with Crippen LogP contribution >= 0.6 is 0 Å². The van der Waals surface area contributed by atoms with Crippen LogP contribution in [0.3, 0.4) is 0 Å². The van der Waals surface area contributed by atoms with Crippen LogP contribution in [-0.2, 0) is 23.9 Å². The summed E-state index contributed by atoms with van der Waals surface area (Å²) in [4.78, 5) is 34.4. The molecule has 1 aromatic carbocycles. The molecule has 0 spiro atoms. The van der Waals surface area contributed by atoms with Crippen molar-refractivity contribution < 1.29 is 39.2 Å². The van der Waals surface area contributed by atoms with Crippen LogP contribution in [0.4, 0.5) is 0 Å². The van der Waals surface area contributed by atoms with Gasteiger partial charge in [-0.15, -0.1) is 0 Å². The highest BCUT2D eigenvalue weighted by atomic mass is 16.6. The number of nitrogens with two attached hydrogens (primary N) is 1. The number of piperidine rings is 1. The first-order valence-electron chi connectivity index (χ1n) is 10.2. The van der Waals surface area contributed by atoms with Crippen molar-refractivity contribution in [3.8, 4) is 0 Å². The third-order valence-electron chi connectivity index (χ3n) is 6.04. The molecule has 0 radical (unpaired) electrons. The molecule has 5 N–H and O–H groups in total. The van der Waals surface area contributed by atoms with Gasteiger partial charge in [-0.05, 0) is 12.6 Å². The molecular weight excluding hydrogens is 408 g/mol. The number of benzene rings is 1. The fraction of sp³-hybridized carbons (Fsp3) is 0.571. The van der Waals surface area contributed by atoms with Gasteiger partial charge in [0.2, 0.25) is 0 Å². The molecule has 0 amide bonds. The van der Waals surface area contributed by atoms with Gasteiger partial charge in [-0.3, -0.25) is 19.3 Å². The van der Waals surface area contributed by atoms with Crippen molar-refractivity contribution in [3.05, 3.63) is 35.9 Å². The van der Waals surface area contributed by atoms with Crippen LogP contribution in [0.25, 0.3) is 0 Å². The molecule has 5 unspecified atom stereocenters. The number of fused-ring (bicyclic) bond motifs is 5. The van der Waals surface area contributed by atoms with Crippen LogP contribution in [0.5, 0.6) is 0 Å². The second kappa shape index (κ2) is 9.73. The third kappa shape index (κ3) is 5.40. The summed E-state index contributed by atoms with van der Waals surface area (Å²) in [6.45, 7) is -0.226.